The van der Waals surface area contributed by atoms with Crippen molar-refractivity contribution in [3.8, 4) is 5.75 Å². The summed E-state index contributed by atoms with van der Waals surface area (Å²) >= 11 is 0. The molecule has 0 amide bonds. The molecule has 106 valence electrons. The smallest absolute Gasteiger partial charge is 0.165 e. The van der Waals surface area contributed by atoms with E-state index in [4.69, 9.17) is 4.74 Å². The lowest BCUT2D eigenvalue weighted by Crippen LogP contribution is -2.47. The number of hydrogen-bond acceptors (Lipinski definition) is 4. The quantitative estimate of drug-likeness (QED) is 0.857. The topological polar surface area (TPSA) is 35.9 Å². The molecular weight excluding hydrogens is 247 g/mol. The zero-order chi connectivity index (χ0) is 13.7. The van der Waals surface area contributed by atoms with Gasteiger partial charge in [0.05, 0.1) is 0 Å². The van der Waals surface area contributed by atoms with Gasteiger partial charge in [-0.15, -0.1) is 0 Å². The second-order valence-corrected chi connectivity index (χ2v) is 5.00. The Hall–Kier alpha value is -1.17. The van der Waals surface area contributed by atoms with Crippen molar-refractivity contribution in [2.45, 2.75) is 6.10 Å². The minimum atomic E-state index is -0.594. The molecule has 1 atom stereocenters. The maximum atomic E-state index is 13.3. The number of ether oxygens (including phenoxy) is 1. The molecule has 1 N–H and O–H groups in total. The Balaban J connectivity index is 1.73. The van der Waals surface area contributed by atoms with Gasteiger partial charge in [0.1, 0.15) is 12.7 Å². The van der Waals surface area contributed by atoms with Gasteiger partial charge in [0.25, 0.3) is 0 Å². The second kappa shape index (κ2) is 6.84. The van der Waals surface area contributed by atoms with E-state index in [-0.39, 0.29) is 12.4 Å². The van der Waals surface area contributed by atoms with Crippen LogP contribution in [0.2, 0.25) is 0 Å². The Bertz CT molecular complexity index is 395. The summed E-state index contributed by atoms with van der Waals surface area (Å²) in [5, 5.41) is 9.92. The second-order valence-electron chi connectivity index (χ2n) is 5.00. The molecule has 5 heteroatoms. The summed E-state index contributed by atoms with van der Waals surface area (Å²) in [4.78, 5) is 4.47. The highest BCUT2D eigenvalue weighted by molar-refractivity contribution is 5.23. The van der Waals surface area contributed by atoms with Gasteiger partial charge >= 0.3 is 0 Å². The van der Waals surface area contributed by atoms with Gasteiger partial charge in [-0.05, 0) is 19.2 Å². The predicted molar refractivity (Wildman–Crippen MR) is 71.8 cm³/mol. The Morgan fingerprint density at radius 2 is 1.95 bits per heavy atom. The minimum Gasteiger partial charge on any atom is -0.488 e. The van der Waals surface area contributed by atoms with E-state index in [1.807, 2.05) is 0 Å². The molecule has 1 heterocycles. The number of aliphatic hydroxyl groups is 1. The molecular formula is C14H21FN2O2. The van der Waals surface area contributed by atoms with Gasteiger partial charge in [0.15, 0.2) is 11.6 Å². The highest BCUT2D eigenvalue weighted by Crippen LogP contribution is 2.15. The number of halogens is 1. The van der Waals surface area contributed by atoms with Gasteiger partial charge in [-0.2, -0.15) is 0 Å². The average molecular weight is 268 g/mol. The molecule has 0 spiro atoms. The van der Waals surface area contributed by atoms with Crippen LogP contribution in [0.1, 0.15) is 0 Å². The summed E-state index contributed by atoms with van der Waals surface area (Å²) in [6.45, 7) is 4.62. The molecule has 0 bridgehead atoms. The van der Waals surface area contributed by atoms with Crippen molar-refractivity contribution in [1.29, 1.82) is 0 Å². The van der Waals surface area contributed by atoms with Crippen molar-refractivity contribution in [2.24, 2.45) is 0 Å². The summed E-state index contributed by atoms with van der Waals surface area (Å²) in [6.07, 6.45) is -0.594. The van der Waals surface area contributed by atoms with E-state index in [2.05, 4.69) is 16.8 Å². The lowest BCUT2D eigenvalue weighted by atomic mass is 10.2. The maximum Gasteiger partial charge on any atom is 0.165 e. The van der Waals surface area contributed by atoms with Crippen molar-refractivity contribution < 1.29 is 14.2 Å². The van der Waals surface area contributed by atoms with Crippen LogP contribution in [-0.2, 0) is 0 Å². The fourth-order valence-electron chi connectivity index (χ4n) is 2.13. The third-order valence-electron chi connectivity index (χ3n) is 3.33. The van der Waals surface area contributed by atoms with Crippen LogP contribution >= 0.6 is 0 Å². The van der Waals surface area contributed by atoms with Crippen LogP contribution in [0, 0.1) is 5.82 Å². The third-order valence-corrected chi connectivity index (χ3v) is 3.33. The molecule has 19 heavy (non-hydrogen) atoms. The van der Waals surface area contributed by atoms with Crippen molar-refractivity contribution in [3.05, 3.63) is 30.1 Å². The molecule has 1 unspecified atom stereocenters. The number of likely N-dealkylation sites (N-methyl/N-ethyl adjacent to an activating group) is 1. The number of β-amino-alcohol motifs (C(OH)–C–C–N with tert-alkyl or cyclic N) is 1. The molecule has 0 aliphatic carbocycles. The van der Waals surface area contributed by atoms with E-state index < -0.39 is 11.9 Å². The third kappa shape index (κ3) is 4.45. The maximum absolute atomic E-state index is 13.3. The van der Waals surface area contributed by atoms with Crippen LogP contribution in [0.15, 0.2) is 24.3 Å². The monoisotopic (exact) mass is 268 g/mol. The molecule has 1 aliphatic heterocycles. The van der Waals surface area contributed by atoms with E-state index in [1.54, 1.807) is 18.2 Å². The Kier molecular flexibility index (Phi) is 5.13. The first kappa shape index (κ1) is 14.2. The highest BCUT2D eigenvalue weighted by atomic mass is 19.1. The zero-order valence-corrected chi connectivity index (χ0v) is 11.3. The lowest BCUT2D eigenvalue weighted by Gasteiger charge is -2.33. The largest absolute Gasteiger partial charge is 0.488 e. The number of hydrogen-bond donors (Lipinski definition) is 1. The van der Waals surface area contributed by atoms with Gasteiger partial charge in [-0.3, -0.25) is 4.90 Å². The van der Waals surface area contributed by atoms with Crippen molar-refractivity contribution >= 4 is 0 Å². The number of piperazine rings is 1. The summed E-state index contributed by atoms with van der Waals surface area (Å²) in [5.41, 5.74) is 0. The average Bonchev–Trinajstić information content (AvgIpc) is 2.40. The normalized spacial score (nSPS) is 19.3. The van der Waals surface area contributed by atoms with E-state index in [9.17, 15) is 9.50 Å². The Labute approximate surface area is 113 Å². The van der Waals surface area contributed by atoms with Crippen molar-refractivity contribution in [3.63, 3.8) is 0 Å². The SMILES string of the molecule is CN1CCN(CC(O)COc2ccccc2F)CC1. The predicted octanol–water partition coefficient (Wildman–Crippen LogP) is 0.813. The van der Waals surface area contributed by atoms with Crippen LogP contribution in [0.4, 0.5) is 4.39 Å². The van der Waals surface area contributed by atoms with E-state index in [0.29, 0.717) is 6.54 Å². The number of aliphatic hydroxyl groups excluding tert-OH is 1. The molecule has 2 rings (SSSR count). The zero-order valence-electron chi connectivity index (χ0n) is 11.3. The molecule has 4 nitrogen and oxygen atoms in total. The van der Waals surface area contributed by atoms with Gasteiger partial charge in [0.2, 0.25) is 0 Å². The van der Waals surface area contributed by atoms with Crippen molar-refractivity contribution in [1.82, 2.24) is 9.80 Å². The Morgan fingerprint density at radius 3 is 2.63 bits per heavy atom. The summed E-state index contributed by atoms with van der Waals surface area (Å²) in [7, 11) is 2.09. The lowest BCUT2D eigenvalue weighted by molar-refractivity contribution is 0.0495. The number of para-hydroxylation sites is 1. The van der Waals surface area contributed by atoms with Gasteiger partial charge in [-0.1, -0.05) is 12.1 Å². The number of benzene rings is 1. The first-order valence-corrected chi connectivity index (χ1v) is 6.61. The standard InChI is InChI=1S/C14H21FN2O2/c1-16-6-8-17(9-7-16)10-12(18)11-19-14-5-3-2-4-13(14)15/h2-5,12,18H,6-11H2,1H3. The van der Waals surface area contributed by atoms with Crippen molar-refractivity contribution in [2.75, 3.05) is 46.4 Å². The number of nitrogens with zero attached hydrogens (tertiary/aromatic N) is 2. The molecule has 0 radical (unpaired) electrons. The fourth-order valence-corrected chi connectivity index (χ4v) is 2.13. The van der Waals surface area contributed by atoms with Crippen LogP contribution in [0.5, 0.6) is 5.75 Å². The molecule has 1 aliphatic rings. The van der Waals surface area contributed by atoms with Crippen LogP contribution < -0.4 is 4.74 Å². The van der Waals surface area contributed by atoms with Gasteiger partial charge in [0, 0.05) is 32.7 Å². The summed E-state index contributed by atoms with van der Waals surface area (Å²) in [5.74, 6) is -0.200. The first-order chi connectivity index (χ1) is 9.15. The van der Waals surface area contributed by atoms with E-state index in [0.717, 1.165) is 26.2 Å². The van der Waals surface area contributed by atoms with Crippen LogP contribution in [0.3, 0.4) is 0 Å². The molecule has 0 saturated carbocycles. The Morgan fingerprint density at radius 1 is 1.26 bits per heavy atom. The van der Waals surface area contributed by atoms with Gasteiger partial charge in [-0.25, -0.2) is 4.39 Å². The molecule has 1 aromatic rings. The van der Waals surface area contributed by atoms with Crippen LogP contribution in [-0.4, -0.2) is 67.4 Å². The summed E-state index contributed by atoms with van der Waals surface area (Å²) in [6, 6.07) is 6.24. The molecule has 1 fully saturated rings. The molecule has 1 saturated heterocycles. The molecule has 1 aromatic carbocycles. The van der Waals surface area contributed by atoms with Gasteiger partial charge < -0.3 is 14.7 Å². The number of rotatable bonds is 5. The summed E-state index contributed by atoms with van der Waals surface area (Å²) < 4.78 is 18.6. The highest BCUT2D eigenvalue weighted by Gasteiger charge is 2.17. The van der Waals surface area contributed by atoms with E-state index >= 15 is 0 Å². The fraction of sp³-hybridized carbons (Fsp3) is 0.571. The minimum absolute atomic E-state index is 0.118. The van der Waals surface area contributed by atoms with Crippen LogP contribution in [0.25, 0.3) is 0 Å². The first-order valence-electron chi connectivity index (χ1n) is 6.61. The van der Waals surface area contributed by atoms with E-state index in [1.165, 1.54) is 6.07 Å². The molecule has 0 aromatic heterocycles.